The second-order valence-electron chi connectivity index (χ2n) is 9.38. The Morgan fingerprint density at radius 1 is 1.35 bits per heavy atom. The third-order valence-electron chi connectivity index (χ3n) is 6.77. The van der Waals surface area contributed by atoms with Crippen LogP contribution in [0.25, 0.3) is 11.2 Å². The first-order valence-electron chi connectivity index (χ1n) is 12.3. The van der Waals surface area contributed by atoms with Crippen molar-refractivity contribution in [1.29, 1.82) is 0 Å². The number of aromatic nitrogens is 4. The summed E-state index contributed by atoms with van der Waals surface area (Å²) < 4.78 is 68.0. The predicted molar refractivity (Wildman–Crippen MR) is 134 cm³/mol. The van der Waals surface area contributed by atoms with E-state index in [1.807, 2.05) is 0 Å². The number of imidazole rings is 1. The summed E-state index contributed by atoms with van der Waals surface area (Å²) in [7, 11) is -4.10. The highest BCUT2D eigenvalue weighted by Crippen LogP contribution is 2.58. The number of nitrogen functional groups attached to an aromatic ring is 1. The molecule has 3 saturated heterocycles. The lowest BCUT2D eigenvalue weighted by Crippen LogP contribution is -2.42. The molecule has 0 spiro atoms. The van der Waals surface area contributed by atoms with Crippen LogP contribution in [0.4, 0.5) is 15.1 Å². The first-order valence-corrected chi connectivity index (χ1v) is 14.1. The molecule has 14 nitrogen and oxygen atoms in total. The van der Waals surface area contributed by atoms with Crippen molar-refractivity contribution in [3.8, 4) is 5.88 Å². The number of phosphoric acid groups is 1. The molecule has 3 aliphatic rings. The zero-order valence-electron chi connectivity index (χ0n) is 21.2. The molecule has 3 aromatic rings. The second kappa shape index (κ2) is 10.1. The molecule has 17 heteroatoms. The number of nitrogens with zero attached hydrogens (tertiary/aromatic N) is 4. The van der Waals surface area contributed by atoms with Crippen LogP contribution in [0.1, 0.15) is 38.2 Å². The fourth-order valence-electron chi connectivity index (χ4n) is 4.99. The van der Waals surface area contributed by atoms with Crippen molar-refractivity contribution in [3.05, 3.63) is 40.9 Å². The largest absolute Gasteiger partial charge is 0.509 e. The Hall–Kier alpha value is -3.07. The molecule has 6 atom stereocenters. The molecule has 0 unspecified atom stereocenters. The number of anilines is 1. The summed E-state index contributed by atoms with van der Waals surface area (Å²) in [4.78, 5) is 24.8. The number of benzene rings is 1. The van der Waals surface area contributed by atoms with Crippen LogP contribution in [-0.4, -0.2) is 63.3 Å². The Bertz CT molecular complexity index is 1530. The number of carbonyl (C=O) groups is 1. The van der Waals surface area contributed by atoms with Crippen LogP contribution >= 0.6 is 19.4 Å². The summed E-state index contributed by atoms with van der Waals surface area (Å²) in [5.41, 5.74) is 5.56. The molecule has 40 heavy (non-hydrogen) atoms. The quantitative estimate of drug-likeness (QED) is 0.305. The number of ether oxygens (including phenoxy) is 4. The van der Waals surface area contributed by atoms with Gasteiger partial charge in [-0.3, -0.25) is 18.1 Å². The molecule has 6 rings (SSSR count). The van der Waals surface area contributed by atoms with Gasteiger partial charge >= 0.3 is 14.0 Å². The Morgan fingerprint density at radius 2 is 2.17 bits per heavy atom. The van der Waals surface area contributed by atoms with E-state index in [-0.39, 0.29) is 42.3 Å². The SMILES string of the molecule is CCOc1nc(N)nc2ncn([C@@H]3O[C@H](CO[P@]4(=O)OCC[C@H](c5ccc(F)c(Cl)c5)O4)[C@H]4OC(=O)O[C@]43C)c12. The van der Waals surface area contributed by atoms with E-state index in [0.717, 1.165) is 0 Å². The summed E-state index contributed by atoms with van der Waals surface area (Å²) in [6.45, 7) is 3.39. The Kier molecular flexibility index (Phi) is 6.84. The van der Waals surface area contributed by atoms with Gasteiger partial charge in [-0.15, -0.1) is 0 Å². The zero-order valence-corrected chi connectivity index (χ0v) is 22.8. The van der Waals surface area contributed by atoms with E-state index in [1.54, 1.807) is 18.4 Å². The average molecular weight is 600 g/mol. The van der Waals surface area contributed by atoms with Crippen LogP contribution in [0, 0.1) is 5.82 Å². The lowest BCUT2D eigenvalue weighted by molar-refractivity contribution is -0.0924. The van der Waals surface area contributed by atoms with Gasteiger partial charge in [-0.25, -0.2) is 18.7 Å². The van der Waals surface area contributed by atoms with Gasteiger partial charge in [0.2, 0.25) is 11.8 Å². The fraction of sp³-hybridized carbons (Fsp3) is 0.478. The lowest BCUT2D eigenvalue weighted by atomic mass is 9.96. The molecule has 0 aliphatic carbocycles. The molecular weight excluding hydrogens is 576 g/mol. The highest BCUT2D eigenvalue weighted by molar-refractivity contribution is 7.48. The summed E-state index contributed by atoms with van der Waals surface area (Å²) in [5.74, 6) is -0.454. The third kappa shape index (κ3) is 4.66. The van der Waals surface area contributed by atoms with E-state index in [0.29, 0.717) is 17.5 Å². The molecule has 0 radical (unpaired) electrons. The monoisotopic (exact) mass is 599 g/mol. The van der Waals surface area contributed by atoms with Crippen LogP contribution < -0.4 is 10.5 Å². The van der Waals surface area contributed by atoms with Crippen LogP contribution in [0.2, 0.25) is 5.02 Å². The van der Waals surface area contributed by atoms with Gasteiger partial charge in [0.25, 0.3) is 0 Å². The number of hydrogen-bond donors (Lipinski definition) is 1. The molecule has 214 valence electrons. The number of halogens is 2. The van der Waals surface area contributed by atoms with Crippen molar-refractivity contribution in [2.45, 2.75) is 50.4 Å². The predicted octanol–water partition coefficient (Wildman–Crippen LogP) is 4.09. The smallest absolute Gasteiger partial charge is 0.476 e. The number of carbonyl (C=O) groups excluding carboxylic acids is 1. The van der Waals surface area contributed by atoms with Crippen LogP contribution in [0.15, 0.2) is 24.5 Å². The minimum absolute atomic E-state index is 0.0297. The number of fused-ring (bicyclic) bond motifs is 2. The standard InChI is InChI=1S/C23H24ClFN5O9P/c1-3-33-19-16-18(28-21(26)29-19)27-10-30(16)20-23(2)17(37-22(31)38-23)15(36-20)9-35-40(32)34-7-6-14(39-40)11-4-5-13(25)12(24)8-11/h4-5,8,10,14-15,17,20H,3,6-7,9H2,1-2H3,(H2,26,28,29)/t14-,15-,17-,20-,23-,40+/m1/s1. The Labute approximate surface area is 231 Å². The van der Waals surface area contributed by atoms with E-state index in [2.05, 4.69) is 15.0 Å². The van der Waals surface area contributed by atoms with Gasteiger partial charge in [0, 0.05) is 6.42 Å². The molecule has 2 N–H and O–H groups in total. The molecule has 3 aliphatic heterocycles. The van der Waals surface area contributed by atoms with E-state index in [4.69, 9.17) is 49.9 Å². The van der Waals surface area contributed by atoms with Gasteiger partial charge in [-0.1, -0.05) is 17.7 Å². The highest BCUT2D eigenvalue weighted by atomic mass is 35.5. The minimum Gasteiger partial charge on any atom is -0.476 e. The van der Waals surface area contributed by atoms with Crippen LogP contribution in [-0.2, 0) is 32.3 Å². The maximum absolute atomic E-state index is 13.6. The first-order chi connectivity index (χ1) is 19.1. The summed E-state index contributed by atoms with van der Waals surface area (Å²) in [5, 5.41) is -0.0938. The molecule has 0 saturated carbocycles. The maximum atomic E-state index is 13.6. The van der Waals surface area contributed by atoms with Gasteiger partial charge in [-0.05, 0) is 31.5 Å². The first kappa shape index (κ1) is 27.1. The topological polar surface area (TPSA) is 168 Å². The van der Waals surface area contributed by atoms with Crippen molar-refractivity contribution in [2.24, 2.45) is 0 Å². The van der Waals surface area contributed by atoms with Crippen molar-refractivity contribution in [1.82, 2.24) is 19.5 Å². The molecule has 1 aromatic carbocycles. The molecule has 0 bridgehead atoms. The minimum atomic E-state index is -4.10. The van der Waals surface area contributed by atoms with E-state index < -0.39 is 49.9 Å². The molecule has 3 fully saturated rings. The lowest BCUT2D eigenvalue weighted by Gasteiger charge is -2.30. The van der Waals surface area contributed by atoms with Gasteiger partial charge in [0.1, 0.15) is 18.2 Å². The molecule has 5 heterocycles. The average Bonchev–Trinajstić information content (AvgIpc) is 3.53. The van der Waals surface area contributed by atoms with E-state index in [9.17, 15) is 13.8 Å². The van der Waals surface area contributed by atoms with Gasteiger partial charge in [-0.2, -0.15) is 9.97 Å². The van der Waals surface area contributed by atoms with Crippen molar-refractivity contribution >= 4 is 42.7 Å². The Morgan fingerprint density at radius 3 is 2.95 bits per heavy atom. The number of phosphoric ester groups is 1. The van der Waals surface area contributed by atoms with Crippen LogP contribution in [0.5, 0.6) is 5.88 Å². The van der Waals surface area contributed by atoms with Crippen LogP contribution in [0.3, 0.4) is 0 Å². The fourth-order valence-corrected chi connectivity index (χ4v) is 6.57. The van der Waals surface area contributed by atoms with Crippen molar-refractivity contribution in [2.75, 3.05) is 25.6 Å². The summed E-state index contributed by atoms with van der Waals surface area (Å²) in [6.07, 6.45) is -2.76. The van der Waals surface area contributed by atoms with E-state index >= 15 is 0 Å². The normalized spacial score (nSPS) is 31.6. The Balaban J connectivity index is 1.24. The molecular formula is C23H24ClFN5O9P. The highest BCUT2D eigenvalue weighted by Gasteiger charge is 2.64. The van der Waals surface area contributed by atoms with Gasteiger partial charge in [0.15, 0.2) is 29.1 Å². The molecule has 0 amide bonds. The maximum Gasteiger partial charge on any atom is 0.509 e. The van der Waals surface area contributed by atoms with Crippen molar-refractivity contribution < 1.29 is 46.3 Å². The molecule has 2 aromatic heterocycles. The summed E-state index contributed by atoms with van der Waals surface area (Å²) >= 11 is 5.89. The van der Waals surface area contributed by atoms with Crippen molar-refractivity contribution in [3.63, 3.8) is 0 Å². The second-order valence-corrected chi connectivity index (χ2v) is 11.4. The number of hydrogen-bond acceptors (Lipinski definition) is 13. The number of rotatable bonds is 7. The third-order valence-corrected chi connectivity index (χ3v) is 8.53. The van der Waals surface area contributed by atoms with Gasteiger partial charge in [0.05, 0.1) is 30.9 Å². The number of nitrogens with two attached hydrogens (primary N) is 1. The summed E-state index contributed by atoms with van der Waals surface area (Å²) in [6, 6.07) is 4.07. The van der Waals surface area contributed by atoms with E-state index in [1.165, 1.54) is 24.5 Å². The van der Waals surface area contributed by atoms with Gasteiger partial charge < -0.3 is 24.7 Å². The zero-order chi connectivity index (χ0) is 28.2.